The second-order valence-electron chi connectivity index (χ2n) is 5.66. The third kappa shape index (κ3) is 6.66. The fourth-order valence-electron chi connectivity index (χ4n) is 2.10. The number of halogens is 7. The fraction of sp³-hybridized carbons (Fsp3) is 0.176. The van der Waals surface area contributed by atoms with Crippen LogP contribution in [0.1, 0.15) is 11.1 Å². The summed E-state index contributed by atoms with van der Waals surface area (Å²) in [5.74, 6) is -1.30. The van der Waals surface area contributed by atoms with E-state index in [1.807, 2.05) is 10.6 Å². The van der Waals surface area contributed by atoms with Crippen LogP contribution in [0.4, 0.5) is 46.9 Å². The molecule has 0 spiro atoms. The first-order valence-corrected chi connectivity index (χ1v) is 7.74. The van der Waals surface area contributed by atoms with Crippen LogP contribution in [0.3, 0.4) is 0 Å². The van der Waals surface area contributed by atoms with Gasteiger partial charge in [-0.05, 0) is 42.5 Å². The smallest absolute Gasteiger partial charge is 0.329 e. The molecule has 156 valence electrons. The van der Waals surface area contributed by atoms with Gasteiger partial charge in [-0.15, -0.1) is 0 Å². The van der Waals surface area contributed by atoms with Gasteiger partial charge >= 0.3 is 18.4 Å². The highest BCUT2D eigenvalue weighted by Crippen LogP contribution is 2.37. The maximum Gasteiger partial charge on any atom is 0.416 e. The maximum atomic E-state index is 12.8. The molecule has 5 nitrogen and oxygen atoms in total. The minimum atomic E-state index is -5.07. The molecule has 3 amide bonds. The Hall–Kier alpha value is -3.31. The molecule has 2 rings (SSSR count). The largest absolute Gasteiger partial charge is 0.416 e. The van der Waals surface area contributed by atoms with Crippen molar-refractivity contribution in [2.75, 3.05) is 17.2 Å². The fourth-order valence-corrected chi connectivity index (χ4v) is 2.10. The summed E-state index contributed by atoms with van der Waals surface area (Å²) in [6.07, 6.45) is -10.1. The molecule has 12 heteroatoms. The molecule has 0 heterocycles. The number of hydrogen-bond acceptors (Lipinski definition) is 2. The van der Waals surface area contributed by atoms with Crippen LogP contribution in [0.5, 0.6) is 0 Å². The topological polar surface area (TPSA) is 70.2 Å². The molecular weight excluding hydrogens is 411 g/mol. The van der Waals surface area contributed by atoms with Gasteiger partial charge in [-0.2, -0.15) is 26.3 Å². The molecule has 0 unspecified atom stereocenters. The third-order valence-electron chi connectivity index (χ3n) is 3.38. The summed E-state index contributed by atoms with van der Waals surface area (Å²) in [7, 11) is 0. The first kappa shape index (κ1) is 22.0. The molecule has 0 saturated carbocycles. The van der Waals surface area contributed by atoms with Crippen LogP contribution in [-0.2, 0) is 17.1 Å². The van der Waals surface area contributed by atoms with Crippen LogP contribution >= 0.6 is 0 Å². The van der Waals surface area contributed by atoms with Crippen LogP contribution in [0.25, 0.3) is 0 Å². The zero-order valence-electron chi connectivity index (χ0n) is 14.2. The average Bonchev–Trinajstić information content (AvgIpc) is 2.60. The lowest BCUT2D eigenvalue weighted by Gasteiger charge is -2.15. The van der Waals surface area contributed by atoms with Crippen molar-refractivity contribution in [2.45, 2.75) is 12.4 Å². The van der Waals surface area contributed by atoms with E-state index < -0.39 is 53.5 Å². The number of hydrogen-bond donors (Lipinski definition) is 3. The van der Waals surface area contributed by atoms with E-state index >= 15 is 0 Å². The normalized spacial score (nSPS) is 11.7. The summed E-state index contributed by atoms with van der Waals surface area (Å²) in [6, 6.07) is 4.00. The van der Waals surface area contributed by atoms with Gasteiger partial charge in [-0.1, -0.05) is 0 Å². The van der Waals surface area contributed by atoms with Crippen molar-refractivity contribution >= 4 is 23.3 Å². The highest BCUT2D eigenvalue weighted by atomic mass is 19.4. The van der Waals surface area contributed by atoms with Gasteiger partial charge < -0.3 is 16.0 Å². The molecule has 0 saturated heterocycles. The Morgan fingerprint density at radius 1 is 0.759 bits per heavy atom. The van der Waals surface area contributed by atoms with Crippen LogP contribution in [0.15, 0.2) is 42.5 Å². The number of anilines is 2. The van der Waals surface area contributed by atoms with Gasteiger partial charge in [0.25, 0.3) is 0 Å². The number of amides is 3. The Balaban J connectivity index is 2.02. The number of benzene rings is 2. The van der Waals surface area contributed by atoms with Crippen LogP contribution in [-0.4, -0.2) is 18.5 Å². The summed E-state index contributed by atoms with van der Waals surface area (Å²) in [4.78, 5) is 23.4. The lowest BCUT2D eigenvalue weighted by Crippen LogP contribution is -2.35. The highest BCUT2D eigenvalue weighted by molar-refractivity contribution is 5.97. The number of carbonyl (C=O) groups is 2. The molecule has 0 radical (unpaired) electrons. The molecule has 2 aromatic carbocycles. The Morgan fingerprint density at radius 2 is 1.28 bits per heavy atom. The Morgan fingerprint density at radius 3 is 1.76 bits per heavy atom. The summed E-state index contributed by atoms with van der Waals surface area (Å²) < 4.78 is 89.5. The zero-order valence-corrected chi connectivity index (χ0v) is 14.2. The average molecular weight is 423 g/mol. The lowest BCUT2D eigenvalue weighted by atomic mass is 10.1. The van der Waals surface area contributed by atoms with E-state index in [1.165, 1.54) is 12.1 Å². The molecule has 29 heavy (non-hydrogen) atoms. The second-order valence-corrected chi connectivity index (χ2v) is 5.66. The molecule has 0 fully saturated rings. The standard InChI is InChI=1S/C17H12F7N3O2/c18-11-1-3-12(4-2-11)26-14(28)8-25-15(29)27-13-6-9(16(19,20)21)5-10(7-13)17(22,23)24/h1-7H,8H2,(H,26,28)(H2,25,27,29). The second kappa shape index (κ2) is 8.37. The van der Waals surface area contributed by atoms with E-state index in [4.69, 9.17) is 0 Å². The first-order chi connectivity index (χ1) is 13.3. The highest BCUT2D eigenvalue weighted by Gasteiger charge is 2.37. The van der Waals surface area contributed by atoms with Crippen molar-refractivity contribution in [1.82, 2.24) is 5.32 Å². The van der Waals surface area contributed by atoms with Gasteiger partial charge in [0.1, 0.15) is 5.82 Å². The van der Waals surface area contributed by atoms with Crippen LogP contribution < -0.4 is 16.0 Å². The number of rotatable bonds is 4. The maximum absolute atomic E-state index is 12.8. The van der Waals surface area contributed by atoms with E-state index in [2.05, 4.69) is 5.32 Å². The van der Waals surface area contributed by atoms with Crippen molar-refractivity contribution < 1.29 is 40.3 Å². The van der Waals surface area contributed by atoms with Gasteiger partial charge in [-0.3, -0.25) is 4.79 Å². The molecule has 0 aliphatic carbocycles. The van der Waals surface area contributed by atoms with E-state index in [-0.39, 0.29) is 11.8 Å². The van der Waals surface area contributed by atoms with Crippen molar-refractivity contribution in [3.05, 3.63) is 59.4 Å². The van der Waals surface area contributed by atoms with Gasteiger partial charge in [0.05, 0.1) is 17.7 Å². The number of alkyl halides is 6. The predicted molar refractivity (Wildman–Crippen MR) is 88.5 cm³/mol. The van der Waals surface area contributed by atoms with Crippen molar-refractivity contribution in [2.24, 2.45) is 0 Å². The van der Waals surface area contributed by atoms with E-state index in [0.717, 1.165) is 12.1 Å². The lowest BCUT2D eigenvalue weighted by molar-refractivity contribution is -0.143. The molecule has 0 aliphatic rings. The van der Waals surface area contributed by atoms with E-state index in [0.29, 0.717) is 12.1 Å². The first-order valence-electron chi connectivity index (χ1n) is 7.74. The minimum absolute atomic E-state index is 0.0841. The number of urea groups is 1. The van der Waals surface area contributed by atoms with Crippen molar-refractivity contribution in [3.8, 4) is 0 Å². The number of nitrogens with one attached hydrogen (secondary N) is 3. The predicted octanol–water partition coefficient (Wildman–Crippen LogP) is 4.62. The third-order valence-corrected chi connectivity index (χ3v) is 3.38. The van der Waals surface area contributed by atoms with Gasteiger partial charge in [-0.25, -0.2) is 9.18 Å². The molecule has 0 atom stereocenters. The van der Waals surface area contributed by atoms with Crippen molar-refractivity contribution in [1.29, 1.82) is 0 Å². The SMILES string of the molecule is O=C(CNC(=O)Nc1cc(C(F)(F)F)cc(C(F)(F)F)c1)Nc1ccc(F)cc1. The summed E-state index contributed by atoms with van der Waals surface area (Å²) >= 11 is 0. The quantitative estimate of drug-likeness (QED) is 0.628. The summed E-state index contributed by atoms with van der Waals surface area (Å²) in [5, 5.41) is 6.10. The minimum Gasteiger partial charge on any atom is -0.329 e. The summed E-state index contributed by atoms with van der Waals surface area (Å²) in [6.45, 7) is -0.645. The van der Waals surface area contributed by atoms with Gasteiger partial charge in [0.2, 0.25) is 5.91 Å². The van der Waals surface area contributed by atoms with Crippen LogP contribution in [0, 0.1) is 5.82 Å². The molecule has 0 aliphatic heterocycles. The van der Waals surface area contributed by atoms with Gasteiger partial charge in [0, 0.05) is 11.4 Å². The Labute approximate surface area is 158 Å². The van der Waals surface area contributed by atoms with Crippen molar-refractivity contribution in [3.63, 3.8) is 0 Å². The zero-order chi connectivity index (χ0) is 21.8. The molecule has 2 aromatic rings. The Kier molecular flexibility index (Phi) is 6.34. The number of carbonyl (C=O) groups excluding carboxylic acids is 2. The van der Waals surface area contributed by atoms with E-state index in [9.17, 15) is 40.3 Å². The van der Waals surface area contributed by atoms with Crippen LogP contribution in [0.2, 0.25) is 0 Å². The molecule has 3 N–H and O–H groups in total. The Bertz CT molecular complexity index is 861. The van der Waals surface area contributed by atoms with Gasteiger partial charge in [0.15, 0.2) is 0 Å². The molecular formula is C17H12F7N3O2. The van der Waals surface area contributed by atoms with E-state index in [1.54, 1.807) is 0 Å². The molecule has 0 aromatic heterocycles. The monoisotopic (exact) mass is 423 g/mol. The summed E-state index contributed by atoms with van der Waals surface area (Å²) in [5.41, 5.74) is -3.75. The molecule has 0 bridgehead atoms.